The molecule has 1 amide bonds. The summed E-state index contributed by atoms with van der Waals surface area (Å²) >= 11 is 0. The van der Waals surface area contributed by atoms with Crippen molar-refractivity contribution in [2.45, 2.75) is 20.3 Å². The molecule has 1 N–H and O–H groups in total. The van der Waals surface area contributed by atoms with Crippen LogP contribution in [0.4, 0.5) is 5.69 Å². The number of amides is 1. The van der Waals surface area contributed by atoms with E-state index in [0.29, 0.717) is 18.2 Å². The van der Waals surface area contributed by atoms with E-state index < -0.39 is 10.0 Å². The highest BCUT2D eigenvalue weighted by Gasteiger charge is 2.19. The maximum Gasteiger partial charge on any atom is 0.235 e. The number of hydrogen-bond donors (Lipinski definition) is 1. The quantitative estimate of drug-likeness (QED) is 0.831. The van der Waals surface area contributed by atoms with Crippen LogP contribution in [0.15, 0.2) is 30.3 Å². The first-order chi connectivity index (χ1) is 9.33. The van der Waals surface area contributed by atoms with Gasteiger partial charge in [0, 0.05) is 20.0 Å². The number of hydrogen-bond acceptors (Lipinski definition) is 3. The maximum atomic E-state index is 12.1. The number of nitrogens with one attached hydrogen (secondary N) is 1. The summed E-state index contributed by atoms with van der Waals surface area (Å²) in [5.41, 5.74) is 0.593. The van der Waals surface area contributed by atoms with Gasteiger partial charge in [0.1, 0.15) is 0 Å². The lowest BCUT2D eigenvalue weighted by atomic mass is 10.2. The van der Waals surface area contributed by atoms with Crippen LogP contribution in [-0.4, -0.2) is 33.7 Å². The average Bonchev–Trinajstić information content (AvgIpc) is 2.43. The Kier molecular flexibility index (Phi) is 6.01. The van der Waals surface area contributed by atoms with E-state index in [9.17, 15) is 13.2 Å². The third kappa shape index (κ3) is 5.21. The normalized spacial score (nSPS) is 11.4. The molecular weight excluding hydrogens is 276 g/mol. The molecule has 0 aliphatic carbocycles. The van der Waals surface area contributed by atoms with Gasteiger partial charge in [-0.3, -0.25) is 9.10 Å². The zero-order valence-corrected chi connectivity index (χ0v) is 13.0. The van der Waals surface area contributed by atoms with Crippen LogP contribution in [0.3, 0.4) is 0 Å². The largest absolute Gasteiger partial charge is 0.356 e. The molecule has 1 rings (SSSR count). The Bertz CT molecular complexity index is 527. The van der Waals surface area contributed by atoms with Gasteiger partial charge >= 0.3 is 0 Å². The van der Waals surface area contributed by atoms with E-state index in [1.54, 1.807) is 24.3 Å². The number of anilines is 1. The summed E-state index contributed by atoms with van der Waals surface area (Å²) in [7, 11) is -1.98. The summed E-state index contributed by atoms with van der Waals surface area (Å²) in [6.45, 7) is 4.54. The van der Waals surface area contributed by atoms with Gasteiger partial charge in [-0.05, 0) is 18.1 Å². The van der Waals surface area contributed by atoms with Crippen molar-refractivity contribution in [3.8, 4) is 0 Å². The molecular formula is C14H22N2O3S. The fourth-order valence-corrected chi connectivity index (χ4v) is 2.72. The second-order valence-electron chi connectivity index (χ2n) is 5.07. The van der Waals surface area contributed by atoms with Crippen molar-refractivity contribution in [1.82, 2.24) is 5.32 Å². The van der Waals surface area contributed by atoms with Gasteiger partial charge in [-0.2, -0.15) is 0 Å². The average molecular weight is 298 g/mol. The molecule has 6 heteroatoms. The Labute approximate surface area is 121 Å². The van der Waals surface area contributed by atoms with E-state index >= 15 is 0 Å². The van der Waals surface area contributed by atoms with Crippen LogP contribution in [0.25, 0.3) is 0 Å². The minimum Gasteiger partial charge on any atom is -0.356 e. The van der Waals surface area contributed by atoms with Gasteiger partial charge in [-0.25, -0.2) is 8.42 Å². The van der Waals surface area contributed by atoms with Crippen LogP contribution in [0.5, 0.6) is 0 Å². The van der Waals surface area contributed by atoms with Crippen LogP contribution in [0.2, 0.25) is 0 Å². The summed E-state index contributed by atoms with van der Waals surface area (Å²) in [6.07, 6.45) is -0.0216. The van der Waals surface area contributed by atoms with E-state index in [1.165, 1.54) is 11.4 Å². The number of benzene rings is 1. The molecule has 0 aromatic heterocycles. The summed E-state index contributed by atoms with van der Waals surface area (Å²) < 4.78 is 25.4. The highest BCUT2D eigenvalue weighted by molar-refractivity contribution is 7.92. The molecule has 1 aromatic carbocycles. The molecule has 20 heavy (non-hydrogen) atoms. The molecule has 0 saturated carbocycles. The van der Waals surface area contributed by atoms with Crippen molar-refractivity contribution in [2.75, 3.05) is 23.7 Å². The van der Waals surface area contributed by atoms with Crippen LogP contribution in [0.1, 0.15) is 20.3 Å². The van der Waals surface area contributed by atoms with E-state index in [4.69, 9.17) is 0 Å². The predicted molar refractivity (Wildman–Crippen MR) is 81.1 cm³/mol. The van der Waals surface area contributed by atoms with Crippen molar-refractivity contribution >= 4 is 21.6 Å². The molecule has 0 spiro atoms. The van der Waals surface area contributed by atoms with Crippen molar-refractivity contribution in [3.63, 3.8) is 0 Å². The fourth-order valence-electron chi connectivity index (χ4n) is 1.56. The molecule has 0 radical (unpaired) electrons. The Morgan fingerprint density at radius 3 is 2.40 bits per heavy atom. The zero-order chi connectivity index (χ0) is 15.2. The summed E-state index contributed by atoms with van der Waals surface area (Å²) in [5, 5.41) is 2.71. The number of sulfonamides is 1. The summed E-state index contributed by atoms with van der Waals surface area (Å²) in [4.78, 5) is 11.6. The second kappa shape index (κ2) is 7.28. The molecule has 112 valence electrons. The maximum absolute atomic E-state index is 12.1. The third-order valence-corrected chi connectivity index (χ3v) is 4.60. The Hall–Kier alpha value is -1.56. The van der Waals surface area contributed by atoms with Crippen LogP contribution < -0.4 is 9.62 Å². The van der Waals surface area contributed by atoms with Crippen LogP contribution in [0, 0.1) is 5.92 Å². The monoisotopic (exact) mass is 298 g/mol. The molecule has 5 nitrogen and oxygen atoms in total. The number of rotatable bonds is 7. The minimum atomic E-state index is -3.47. The first-order valence-corrected chi connectivity index (χ1v) is 8.22. The van der Waals surface area contributed by atoms with Gasteiger partial charge in [0.25, 0.3) is 0 Å². The van der Waals surface area contributed by atoms with Gasteiger partial charge in [0.15, 0.2) is 0 Å². The second-order valence-corrected chi connectivity index (χ2v) is 7.19. The van der Waals surface area contributed by atoms with Crippen molar-refractivity contribution in [1.29, 1.82) is 0 Å². The zero-order valence-electron chi connectivity index (χ0n) is 12.2. The highest BCUT2D eigenvalue weighted by atomic mass is 32.2. The third-order valence-electron chi connectivity index (χ3n) is 2.83. The van der Waals surface area contributed by atoms with Gasteiger partial charge in [0.05, 0.1) is 11.4 Å². The smallest absolute Gasteiger partial charge is 0.235 e. The minimum absolute atomic E-state index is 0.0216. The van der Waals surface area contributed by atoms with Crippen LogP contribution >= 0.6 is 0 Å². The Morgan fingerprint density at radius 1 is 1.25 bits per heavy atom. The van der Waals surface area contributed by atoms with E-state index in [2.05, 4.69) is 5.32 Å². The molecule has 0 saturated heterocycles. The predicted octanol–water partition coefficient (Wildman–Crippen LogP) is 1.61. The van der Waals surface area contributed by atoms with E-state index in [1.807, 2.05) is 19.9 Å². The number of nitrogens with zero attached hydrogens (tertiary/aromatic N) is 1. The first-order valence-electron chi connectivity index (χ1n) is 6.61. The van der Waals surface area contributed by atoms with Crippen molar-refractivity contribution in [3.05, 3.63) is 30.3 Å². The van der Waals surface area contributed by atoms with Gasteiger partial charge in [-0.1, -0.05) is 32.0 Å². The van der Waals surface area contributed by atoms with E-state index in [0.717, 1.165) is 0 Å². The van der Waals surface area contributed by atoms with Gasteiger partial charge in [0.2, 0.25) is 15.9 Å². The molecule has 0 aliphatic rings. The number of para-hydroxylation sites is 1. The summed E-state index contributed by atoms with van der Waals surface area (Å²) in [5.74, 6) is -0.0752. The first kappa shape index (κ1) is 16.5. The van der Waals surface area contributed by atoms with E-state index in [-0.39, 0.29) is 18.1 Å². The topological polar surface area (TPSA) is 66.5 Å². The lowest BCUT2D eigenvalue weighted by molar-refractivity contribution is -0.120. The lowest BCUT2D eigenvalue weighted by Gasteiger charge is -2.19. The molecule has 0 heterocycles. The molecule has 1 aromatic rings. The van der Waals surface area contributed by atoms with Crippen LogP contribution in [-0.2, 0) is 14.8 Å². The molecule has 0 aliphatic heterocycles. The highest BCUT2D eigenvalue weighted by Crippen LogP contribution is 2.15. The lowest BCUT2D eigenvalue weighted by Crippen LogP contribution is -2.33. The molecule has 0 unspecified atom stereocenters. The SMILES string of the molecule is CC(C)CNC(=O)CCS(=O)(=O)N(C)c1ccccc1. The molecule has 0 atom stereocenters. The van der Waals surface area contributed by atoms with Crippen molar-refractivity contribution < 1.29 is 13.2 Å². The standard InChI is InChI=1S/C14H22N2O3S/c1-12(2)11-15-14(17)9-10-20(18,19)16(3)13-7-5-4-6-8-13/h4-8,12H,9-11H2,1-3H3,(H,15,17). The summed E-state index contributed by atoms with van der Waals surface area (Å²) in [6, 6.07) is 8.81. The number of carbonyl (C=O) groups excluding carboxylic acids is 1. The number of carbonyl (C=O) groups is 1. The molecule has 0 bridgehead atoms. The molecule has 0 fully saturated rings. The Balaban J connectivity index is 2.56. The van der Waals surface area contributed by atoms with Gasteiger partial charge < -0.3 is 5.32 Å². The van der Waals surface area contributed by atoms with Gasteiger partial charge in [-0.15, -0.1) is 0 Å². The van der Waals surface area contributed by atoms with Crippen molar-refractivity contribution in [2.24, 2.45) is 5.92 Å². The fraction of sp³-hybridized carbons (Fsp3) is 0.500. The Morgan fingerprint density at radius 2 is 1.85 bits per heavy atom.